The summed E-state index contributed by atoms with van der Waals surface area (Å²) in [6.45, 7) is 7.59. The van der Waals surface area contributed by atoms with Gasteiger partial charge in [0.25, 0.3) is 0 Å². The number of ether oxygens (including phenoxy) is 2. The van der Waals surface area contributed by atoms with Crippen LogP contribution in [0.2, 0.25) is 0 Å². The molecule has 1 saturated heterocycles. The first-order chi connectivity index (χ1) is 14.6. The molecule has 0 radical (unpaired) electrons. The molecule has 2 amide bonds. The zero-order valence-electron chi connectivity index (χ0n) is 18.2. The van der Waals surface area contributed by atoms with Crippen molar-refractivity contribution < 1.29 is 29.0 Å². The number of rotatable bonds is 6. The molecule has 0 unspecified atom stereocenters. The Morgan fingerprint density at radius 2 is 1.97 bits per heavy atom. The van der Waals surface area contributed by atoms with Crippen LogP contribution in [0.15, 0.2) is 29.8 Å². The van der Waals surface area contributed by atoms with Crippen molar-refractivity contribution in [3.8, 4) is 0 Å². The Hall–Kier alpha value is -2.91. The average Bonchev–Trinajstić information content (AvgIpc) is 3.28. The maximum absolute atomic E-state index is 12.7. The van der Waals surface area contributed by atoms with Gasteiger partial charge in [0, 0.05) is 19.2 Å². The zero-order valence-corrected chi connectivity index (χ0v) is 18.2. The Labute approximate surface area is 181 Å². The van der Waals surface area contributed by atoms with Crippen molar-refractivity contribution in [2.45, 2.75) is 45.4 Å². The third-order valence-electron chi connectivity index (χ3n) is 4.98. The number of nitrogens with zero attached hydrogens (tertiary/aromatic N) is 1. The minimum Gasteiger partial charge on any atom is -0.457 e. The van der Waals surface area contributed by atoms with Gasteiger partial charge in [0.05, 0.1) is 31.3 Å². The summed E-state index contributed by atoms with van der Waals surface area (Å²) in [5.74, 6) is -0.640. The fourth-order valence-electron chi connectivity index (χ4n) is 3.58. The molecule has 9 nitrogen and oxygen atoms in total. The number of carbonyl (C=O) groups is 3. The van der Waals surface area contributed by atoms with Crippen LogP contribution in [-0.2, 0) is 19.1 Å². The van der Waals surface area contributed by atoms with Gasteiger partial charge in [-0.25, -0.2) is 9.59 Å². The Morgan fingerprint density at radius 1 is 1.29 bits per heavy atom. The van der Waals surface area contributed by atoms with Gasteiger partial charge < -0.3 is 25.2 Å². The Bertz CT molecular complexity index is 888. The molecule has 31 heavy (non-hydrogen) atoms. The van der Waals surface area contributed by atoms with Gasteiger partial charge in [0.15, 0.2) is 0 Å². The second-order valence-electron chi connectivity index (χ2n) is 8.61. The van der Waals surface area contributed by atoms with Crippen molar-refractivity contribution >= 4 is 29.2 Å². The highest BCUT2D eigenvalue weighted by atomic mass is 16.6. The number of esters is 1. The van der Waals surface area contributed by atoms with Crippen LogP contribution in [-0.4, -0.2) is 67.1 Å². The quantitative estimate of drug-likeness (QED) is 0.580. The standard InChI is InChI=1S/C22H29N3O6/c1-13(27)23-9-16-11-25(21(29)30-16)15-7-5-14(6-8-15)17-10-24-18(12-26)19(17)20(28)31-22(2,3)4/h5-8,16,18,24,26H,9-12H2,1-4H3,(H,23,27)/t16-,18-/m0/s1. The fourth-order valence-corrected chi connectivity index (χ4v) is 3.58. The molecule has 1 fully saturated rings. The highest BCUT2D eigenvalue weighted by Gasteiger charge is 2.35. The van der Waals surface area contributed by atoms with Crippen LogP contribution in [0.25, 0.3) is 5.57 Å². The fraction of sp³-hybridized carbons (Fsp3) is 0.500. The van der Waals surface area contributed by atoms with Crippen molar-refractivity contribution in [2.24, 2.45) is 0 Å². The number of hydrogen-bond acceptors (Lipinski definition) is 7. The molecule has 0 saturated carbocycles. The van der Waals surface area contributed by atoms with Crippen molar-refractivity contribution in [3.05, 3.63) is 35.4 Å². The Morgan fingerprint density at radius 3 is 2.55 bits per heavy atom. The number of anilines is 1. The van der Waals surface area contributed by atoms with Crippen LogP contribution < -0.4 is 15.5 Å². The van der Waals surface area contributed by atoms with Crippen molar-refractivity contribution in [1.82, 2.24) is 10.6 Å². The van der Waals surface area contributed by atoms with Crippen molar-refractivity contribution in [2.75, 3.05) is 31.1 Å². The van der Waals surface area contributed by atoms with Crippen LogP contribution in [0.1, 0.15) is 33.3 Å². The summed E-state index contributed by atoms with van der Waals surface area (Å²) < 4.78 is 10.8. The molecule has 0 bridgehead atoms. The van der Waals surface area contributed by atoms with E-state index in [0.717, 1.165) is 11.1 Å². The summed E-state index contributed by atoms with van der Waals surface area (Å²) in [7, 11) is 0. The lowest BCUT2D eigenvalue weighted by Gasteiger charge is -2.22. The largest absolute Gasteiger partial charge is 0.457 e. The molecule has 3 N–H and O–H groups in total. The van der Waals surface area contributed by atoms with E-state index in [1.54, 1.807) is 32.9 Å². The van der Waals surface area contributed by atoms with E-state index < -0.39 is 29.8 Å². The van der Waals surface area contributed by atoms with Gasteiger partial charge in [-0.1, -0.05) is 12.1 Å². The van der Waals surface area contributed by atoms with E-state index in [2.05, 4.69) is 10.6 Å². The summed E-state index contributed by atoms with van der Waals surface area (Å²) in [5, 5.41) is 15.5. The maximum atomic E-state index is 12.7. The van der Waals surface area contributed by atoms with Gasteiger partial charge in [0.1, 0.15) is 11.7 Å². The molecule has 0 spiro atoms. The van der Waals surface area contributed by atoms with E-state index in [1.165, 1.54) is 11.8 Å². The van der Waals surface area contributed by atoms with E-state index in [1.807, 2.05) is 12.1 Å². The zero-order chi connectivity index (χ0) is 22.8. The molecular formula is C22H29N3O6. The lowest BCUT2D eigenvalue weighted by atomic mass is 9.98. The Kier molecular flexibility index (Phi) is 6.66. The normalized spacial score (nSPS) is 21.3. The van der Waals surface area contributed by atoms with Crippen LogP contribution in [0.4, 0.5) is 10.5 Å². The predicted molar refractivity (Wildman–Crippen MR) is 114 cm³/mol. The molecule has 2 aliphatic heterocycles. The van der Waals surface area contributed by atoms with Crippen LogP contribution in [0, 0.1) is 0 Å². The van der Waals surface area contributed by atoms with E-state index >= 15 is 0 Å². The number of cyclic esters (lactones) is 1. The number of benzene rings is 1. The van der Waals surface area contributed by atoms with E-state index in [4.69, 9.17) is 9.47 Å². The van der Waals surface area contributed by atoms with Gasteiger partial charge in [-0.3, -0.25) is 9.69 Å². The van der Waals surface area contributed by atoms with Gasteiger partial charge in [-0.15, -0.1) is 0 Å². The number of aliphatic hydroxyl groups excluding tert-OH is 1. The average molecular weight is 431 g/mol. The first-order valence-corrected chi connectivity index (χ1v) is 10.2. The summed E-state index contributed by atoms with van der Waals surface area (Å²) in [4.78, 5) is 37.5. The number of hydrogen-bond donors (Lipinski definition) is 3. The predicted octanol–water partition coefficient (Wildman–Crippen LogP) is 1.21. The first kappa shape index (κ1) is 22.8. The van der Waals surface area contributed by atoms with Gasteiger partial charge in [-0.05, 0) is 44.0 Å². The third-order valence-corrected chi connectivity index (χ3v) is 4.98. The number of aliphatic hydroxyl groups is 1. The van der Waals surface area contributed by atoms with Crippen LogP contribution in [0.5, 0.6) is 0 Å². The minimum atomic E-state index is -0.647. The lowest BCUT2D eigenvalue weighted by molar-refractivity contribution is -0.150. The molecule has 1 aromatic rings. The lowest BCUT2D eigenvalue weighted by Crippen LogP contribution is -2.34. The molecule has 0 aromatic heterocycles. The minimum absolute atomic E-state index is 0.181. The molecule has 1 aromatic carbocycles. The SMILES string of the molecule is CC(=O)NC[C@H]1CN(c2ccc(C3=C(C(=O)OC(C)(C)C)[C@H](CO)NC3)cc2)C(=O)O1. The molecule has 2 atom stereocenters. The van der Waals surface area contributed by atoms with E-state index in [-0.39, 0.29) is 19.1 Å². The highest BCUT2D eigenvalue weighted by Crippen LogP contribution is 2.30. The van der Waals surface area contributed by atoms with Gasteiger partial charge in [-0.2, -0.15) is 0 Å². The molecule has 9 heteroatoms. The third kappa shape index (κ3) is 5.42. The summed E-state index contributed by atoms with van der Waals surface area (Å²) in [5.41, 5.74) is 1.98. The topological polar surface area (TPSA) is 117 Å². The van der Waals surface area contributed by atoms with Crippen LogP contribution >= 0.6 is 0 Å². The van der Waals surface area contributed by atoms with Crippen LogP contribution in [0.3, 0.4) is 0 Å². The van der Waals surface area contributed by atoms with Crippen molar-refractivity contribution in [3.63, 3.8) is 0 Å². The summed E-state index contributed by atoms with van der Waals surface area (Å²) >= 11 is 0. The first-order valence-electron chi connectivity index (χ1n) is 10.2. The maximum Gasteiger partial charge on any atom is 0.414 e. The summed E-state index contributed by atoms with van der Waals surface area (Å²) in [6.07, 6.45) is -0.887. The smallest absolute Gasteiger partial charge is 0.414 e. The Balaban J connectivity index is 1.79. The van der Waals surface area contributed by atoms with E-state index in [0.29, 0.717) is 24.4 Å². The number of amides is 2. The highest BCUT2D eigenvalue weighted by molar-refractivity contribution is 6.01. The van der Waals surface area contributed by atoms with Gasteiger partial charge in [0.2, 0.25) is 5.91 Å². The van der Waals surface area contributed by atoms with Gasteiger partial charge >= 0.3 is 12.1 Å². The molecule has 0 aliphatic carbocycles. The second-order valence-corrected chi connectivity index (χ2v) is 8.61. The monoisotopic (exact) mass is 431 g/mol. The van der Waals surface area contributed by atoms with Crippen molar-refractivity contribution in [1.29, 1.82) is 0 Å². The molecular weight excluding hydrogens is 402 g/mol. The molecule has 2 heterocycles. The summed E-state index contributed by atoms with van der Waals surface area (Å²) in [6, 6.07) is 6.72. The molecule has 2 aliphatic rings. The molecule has 168 valence electrons. The number of nitrogens with one attached hydrogen (secondary N) is 2. The second kappa shape index (κ2) is 9.07. The molecule has 3 rings (SSSR count). The number of carbonyl (C=O) groups excluding carboxylic acids is 3. The van der Waals surface area contributed by atoms with E-state index in [9.17, 15) is 19.5 Å².